The third-order valence-electron chi connectivity index (χ3n) is 4.15. The average molecular weight is 313 g/mol. The van der Waals surface area contributed by atoms with Gasteiger partial charge in [0.1, 0.15) is 17.6 Å². The highest BCUT2D eigenvalue weighted by Gasteiger charge is 2.25. The molecule has 0 aliphatic heterocycles. The van der Waals surface area contributed by atoms with Crippen molar-refractivity contribution in [3.63, 3.8) is 0 Å². The largest absolute Gasteiger partial charge is 0.312 e. The summed E-state index contributed by atoms with van der Waals surface area (Å²) in [4.78, 5) is 4.47. The minimum absolute atomic E-state index is 0.125. The summed E-state index contributed by atoms with van der Waals surface area (Å²) in [5.41, 5.74) is 3.62. The van der Waals surface area contributed by atoms with E-state index in [9.17, 15) is 9.65 Å². The molecule has 0 saturated carbocycles. The predicted molar refractivity (Wildman–Crippen MR) is 88.4 cm³/mol. The third-order valence-corrected chi connectivity index (χ3v) is 4.51. The molecule has 0 saturated heterocycles. The molecule has 2 atom stereocenters. The molecule has 22 heavy (non-hydrogen) atoms. The lowest BCUT2D eigenvalue weighted by molar-refractivity contribution is 0.483. The van der Waals surface area contributed by atoms with E-state index in [-0.39, 0.29) is 11.9 Å². The van der Waals surface area contributed by atoms with Gasteiger partial charge in [0, 0.05) is 11.6 Å². The molecule has 3 rings (SSSR count). The summed E-state index contributed by atoms with van der Waals surface area (Å²) in [7, 11) is 4.39. The highest BCUT2D eigenvalue weighted by molar-refractivity contribution is 7.27. The quantitative estimate of drug-likeness (QED) is 0.867. The third kappa shape index (κ3) is 2.63. The molecule has 1 aromatic carbocycles. The maximum absolute atomic E-state index is 14.4. The number of hydrogen-bond donors (Lipinski definition) is 1. The summed E-state index contributed by atoms with van der Waals surface area (Å²) in [6.07, 6.45) is 2.88. The van der Waals surface area contributed by atoms with Gasteiger partial charge >= 0.3 is 0 Å². The molecule has 2 aromatic rings. The predicted octanol–water partition coefficient (Wildman–Crippen LogP) is 2.86. The van der Waals surface area contributed by atoms with E-state index < -0.39 is 0 Å². The van der Waals surface area contributed by atoms with Crippen molar-refractivity contribution in [3.05, 3.63) is 47.0 Å². The van der Waals surface area contributed by atoms with Crippen LogP contribution in [0.2, 0.25) is 0 Å². The maximum Gasteiger partial charge on any atom is 0.141 e. The lowest BCUT2D eigenvalue weighted by atomic mass is 9.86. The van der Waals surface area contributed by atoms with Gasteiger partial charge in [-0.15, -0.1) is 9.24 Å². The van der Waals surface area contributed by atoms with E-state index in [0.29, 0.717) is 11.3 Å². The van der Waals surface area contributed by atoms with Gasteiger partial charge in [-0.1, -0.05) is 12.1 Å². The Balaban J connectivity index is 2.25. The van der Waals surface area contributed by atoms with Gasteiger partial charge in [0.25, 0.3) is 0 Å². The van der Waals surface area contributed by atoms with Gasteiger partial charge in [0.05, 0.1) is 5.69 Å². The Hall–Kier alpha value is -1.82. The Morgan fingerprint density at radius 3 is 2.86 bits per heavy atom. The van der Waals surface area contributed by atoms with Crippen molar-refractivity contribution in [1.29, 1.82) is 5.26 Å². The first kappa shape index (κ1) is 15.1. The molecule has 0 fully saturated rings. The van der Waals surface area contributed by atoms with Crippen LogP contribution < -0.4 is 10.6 Å². The summed E-state index contributed by atoms with van der Waals surface area (Å²) in [5.74, 6) is -0.267. The molecule has 1 heterocycles. The van der Waals surface area contributed by atoms with Crippen LogP contribution in [-0.4, -0.2) is 12.0 Å². The number of nitrogens with zero attached hydrogens (tertiary/aromatic N) is 2. The fourth-order valence-electron chi connectivity index (χ4n) is 3.09. The molecular weight excluding hydrogens is 296 g/mol. The number of hydrogen-bond acceptors (Lipinski definition) is 3. The number of nitrogens with one attached hydrogen (secondary N) is 1. The monoisotopic (exact) mass is 313 g/mol. The molecule has 2 unspecified atom stereocenters. The molecule has 1 N–H and O–H groups in total. The van der Waals surface area contributed by atoms with Crippen molar-refractivity contribution < 1.29 is 4.39 Å². The number of pyridine rings is 1. The second kappa shape index (κ2) is 6.12. The highest BCUT2D eigenvalue weighted by Crippen LogP contribution is 2.36. The molecule has 3 nitrogen and oxygen atoms in total. The lowest BCUT2D eigenvalue weighted by Crippen LogP contribution is -2.24. The Morgan fingerprint density at radius 1 is 1.36 bits per heavy atom. The van der Waals surface area contributed by atoms with Crippen molar-refractivity contribution in [2.45, 2.75) is 25.3 Å². The Kier molecular flexibility index (Phi) is 4.20. The van der Waals surface area contributed by atoms with Gasteiger partial charge < -0.3 is 5.32 Å². The van der Waals surface area contributed by atoms with Crippen LogP contribution in [0.5, 0.6) is 0 Å². The van der Waals surface area contributed by atoms with Gasteiger partial charge in [0.2, 0.25) is 0 Å². The summed E-state index contributed by atoms with van der Waals surface area (Å²) in [6, 6.07) is 9.06. The lowest BCUT2D eigenvalue weighted by Gasteiger charge is -2.26. The fraction of sp³-hybridized carbons (Fsp3) is 0.294. The van der Waals surface area contributed by atoms with Gasteiger partial charge in [-0.3, -0.25) is 0 Å². The molecule has 1 aliphatic carbocycles. The molecule has 0 bridgehead atoms. The van der Waals surface area contributed by atoms with Gasteiger partial charge in [-0.05, 0) is 54.9 Å². The Labute approximate surface area is 131 Å². The zero-order valence-electron chi connectivity index (χ0n) is 12.4. The first-order chi connectivity index (χ1) is 10.6. The van der Waals surface area contributed by atoms with E-state index in [1.165, 1.54) is 6.07 Å². The molecule has 112 valence electrons. The van der Waals surface area contributed by atoms with Crippen molar-refractivity contribution >= 4 is 14.5 Å². The smallest absolute Gasteiger partial charge is 0.141 e. The Bertz CT molecular complexity index is 767. The van der Waals surface area contributed by atoms with E-state index in [0.717, 1.165) is 41.4 Å². The van der Waals surface area contributed by atoms with Crippen molar-refractivity contribution in [3.8, 4) is 17.2 Å². The van der Waals surface area contributed by atoms with Crippen LogP contribution in [0.3, 0.4) is 0 Å². The molecule has 5 heteroatoms. The van der Waals surface area contributed by atoms with Crippen LogP contribution in [0.1, 0.15) is 35.8 Å². The first-order valence-electron chi connectivity index (χ1n) is 7.30. The standard InChI is InChI=1S/C17H17FN3P/c1-20-16-4-2-3-13-14(7-10(9-19)21-17(13)16)12-6-5-11(22)8-15(12)18/h5-8,16,20H,2-4,22H2,1H3. The van der Waals surface area contributed by atoms with Gasteiger partial charge in [-0.25, -0.2) is 9.37 Å². The zero-order chi connectivity index (χ0) is 15.7. The number of benzene rings is 1. The van der Waals surface area contributed by atoms with Gasteiger partial charge in [0.15, 0.2) is 0 Å². The van der Waals surface area contributed by atoms with E-state index >= 15 is 0 Å². The minimum Gasteiger partial charge on any atom is -0.312 e. The van der Waals surface area contributed by atoms with Crippen LogP contribution in [0.4, 0.5) is 4.39 Å². The average Bonchev–Trinajstić information content (AvgIpc) is 2.53. The van der Waals surface area contributed by atoms with E-state index in [1.54, 1.807) is 12.1 Å². The molecule has 0 amide bonds. The van der Waals surface area contributed by atoms with Crippen LogP contribution in [0.15, 0.2) is 24.3 Å². The summed E-state index contributed by atoms with van der Waals surface area (Å²) >= 11 is 0. The molecule has 1 aliphatic rings. The number of fused-ring (bicyclic) bond motifs is 1. The summed E-state index contributed by atoms with van der Waals surface area (Å²) < 4.78 is 14.4. The van der Waals surface area contributed by atoms with Crippen LogP contribution in [0.25, 0.3) is 11.1 Å². The van der Waals surface area contributed by atoms with Crippen LogP contribution in [-0.2, 0) is 6.42 Å². The number of aromatic nitrogens is 1. The van der Waals surface area contributed by atoms with E-state index in [1.807, 2.05) is 13.1 Å². The maximum atomic E-state index is 14.4. The minimum atomic E-state index is -0.267. The van der Waals surface area contributed by atoms with Crippen molar-refractivity contribution in [1.82, 2.24) is 10.3 Å². The Morgan fingerprint density at radius 2 is 2.18 bits per heavy atom. The van der Waals surface area contributed by atoms with E-state index in [2.05, 4.69) is 25.6 Å². The van der Waals surface area contributed by atoms with Gasteiger partial charge in [-0.2, -0.15) is 5.26 Å². The topological polar surface area (TPSA) is 48.7 Å². The van der Waals surface area contributed by atoms with Crippen molar-refractivity contribution in [2.75, 3.05) is 7.05 Å². The number of nitriles is 1. The molecule has 0 radical (unpaired) electrons. The highest BCUT2D eigenvalue weighted by atomic mass is 31.0. The first-order valence-corrected chi connectivity index (χ1v) is 7.88. The zero-order valence-corrected chi connectivity index (χ0v) is 13.5. The summed E-state index contributed by atoms with van der Waals surface area (Å²) in [6.45, 7) is 0. The molecule has 1 aromatic heterocycles. The van der Waals surface area contributed by atoms with Crippen LogP contribution in [0, 0.1) is 17.1 Å². The molecular formula is C17H17FN3P. The number of halogens is 1. The number of rotatable bonds is 2. The normalized spacial score (nSPS) is 16.9. The summed E-state index contributed by atoms with van der Waals surface area (Å²) in [5, 5.41) is 13.3. The van der Waals surface area contributed by atoms with E-state index in [4.69, 9.17) is 0 Å². The second-order valence-electron chi connectivity index (χ2n) is 5.50. The second-order valence-corrected chi connectivity index (χ2v) is 6.17. The molecule has 0 spiro atoms. The van der Waals surface area contributed by atoms with Crippen molar-refractivity contribution in [2.24, 2.45) is 0 Å². The SMILES string of the molecule is CNC1CCCc2c(-c3ccc(P)cc3F)cc(C#N)nc21. The fourth-order valence-corrected chi connectivity index (χ4v) is 3.33. The van der Waals surface area contributed by atoms with Crippen LogP contribution >= 0.6 is 9.24 Å².